The third-order valence-electron chi connectivity index (χ3n) is 4.09. The molecule has 0 spiro atoms. The summed E-state index contributed by atoms with van der Waals surface area (Å²) in [6.07, 6.45) is 1.58. The van der Waals surface area contributed by atoms with Crippen LogP contribution in [0.5, 0.6) is 11.5 Å². The van der Waals surface area contributed by atoms with Crippen molar-refractivity contribution in [3.63, 3.8) is 0 Å². The van der Waals surface area contributed by atoms with Crippen LogP contribution in [0.15, 0.2) is 94.6 Å². The summed E-state index contributed by atoms with van der Waals surface area (Å²) in [5, 5.41) is 15.9. The first-order valence-corrected chi connectivity index (χ1v) is 9.90. The Labute approximate surface area is 185 Å². The fourth-order valence-corrected chi connectivity index (χ4v) is 2.71. The zero-order valence-electron chi connectivity index (χ0n) is 16.0. The lowest BCUT2D eigenvalue weighted by atomic mass is 10.1. The molecule has 0 aliphatic carbocycles. The van der Waals surface area contributed by atoms with Crippen molar-refractivity contribution in [3.05, 3.63) is 95.0 Å². The lowest BCUT2D eigenvalue weighted by Crippen LogP contribution is -2.13. The third-order valence-corrected chi connectivity index (χ3v) is 4.40. The van der Waals surface area contributed by atoms with Crippen LogP contribution in [0.3, 0.4) is 0 Å². The van der Waals surface area contributed by atoms with Crippen molar-refractivity contribution in [1.82, 2.24) is 0 Å². The van der Waals surface area contributed by atoms with Gasteiger partial charge in [0.15, 0.2) is 0 Å². The lowest BCUT2D eigenvalue weighted by Gasteiger charge is -2.10. The normalized spacial score (nSPS) is 10.9. The van der Waals surface area contributed by atoms with Gasteiger partial charge in [-0.25, -0.2) is 0 Å². The maximum atomic E-state index is 9.23. The number of benzene rings is 3. The monoisotopic (exact) mass is 442 g/mol. The van der Waals surface area contributed by atoms with Gasteiger partial charge in [-0.05, 0) is 54.6 Å². The van der Waals surface area contributed by atoms with Gasteiger partial charge in [0.1, 0.15) is 34.9 Å². The second-order valence-corrected chi connectivity index (χ2v) is 7.19. The van der Waals surface area contributed by atoms with Crippen molar-refractivity contribution in [2.45, 2.75) is 0 Å². The largest absolute Gasteiger partial charge is 0.489 e. The van der Waals surface area contributed by atoms with Crippen molar-refractivity contribution in [1.29, 1.82) is 0 Å². The molecular weight excluding hydrogens is 423 g/mol. The maximum absolute atomic E-state index is 9.23. The van der Waals surface area contributed by atoms with E-state index in [9.17, 15) is 5.21 Å². The molecule has 7 heteroatoms. The summed E-state index contributed by atoms with van der Waals surface area (Å²) in [7, 11) is 0. The molecule has 0 amide bonds. The number of hydrogen-bond donors (Lipinski definition) is 2. The van der Waals surface area contributed by atoms with E-state index in [0.717, 1.165) is 22.7 Å². The predicted molar refractivity (Wildman–Crippen MR) is 122 cm³/mol. The van der Waals surface area contributed by atoms with E-state index in [0.29, 0.717) is 18.1 Å². The highest BCUT2D eigenvalue weighted by atomic mass is 35.5. The topological polar surface area (TPSA) is 63.1 Å². The number of hydrogen-bond acceptors (Lipinski definition) is 5. The Balaban J connectivity index is 1.52. The standard InChI is InChI=1S/C23H20Cl2N2O3/c24-23(25)14-15-29-20-10-6-18(7-11-20)26-19-8-12-21(13-9-19)30-16-22(27-28)17-4-2-1-3-5-17/h1-14,26,28H,15-16H2. The van der Waals surface area contributed by atoms with Crippen LogP contribution in [0.25, 0.3) is 0 Å². The molecule has 0 unspecified atom stereocenters. The van der Waals surface area contributed by atoms with Crippen molar-refractivity contribution < 1.29 is 14.7 Å². The SMILES string of the molecule is ON=C(COc1ccc(Nc2ccc(OCC=C(Cl)Cl)cc2)cc1)c1ccccc1. The molecule has 3 rings (SSSR count). The zero-order valence-corrected chi connectivity index (χ0v) is 17.5. The smallest absolute Gasteiger partial charge is 0.134 e. The van der Waals surface area contributed by atoms with Crippen molar-refractivity contribution in [2.75, 3.05) is 18.5 Å². The van der Waals surface area contributed by atoms with Gasteiger partial charge in [-0.2, -0.15) is 0 Å². The molecule has 0 atom stereocenters. The van der Waals surface area contributed by atoms with Gasteiger partial charge in [-0.1, -0.05) is 58.7 Å². The Morgan fingerprint density at radius 1 is 0.833 bits per heavy atom. The van der Waals surface area contributed by atoms with Gasteiger partial charge in [-0.3, -0.25) is 0 Å². The molecule has 0 aliphatic rings. The minimum absolute atomic E-state index is 0.166. The highest BCUT2D eigenvalue weighted by Crippen LogP contribution is 2.22. The third kappa shape index (κ3) is 6.72. The number of nitrogens with zero attached hydrogens (tertiary/aromatic N) is 1. The van der Waals surface area contributed by atoms with Gasteiger partial charge in [0.05, 0.1) is 0 Å². The molecule has 3 aromatic rings. The Hall–Kier alpha value is -3.15. The van der Waals surface area contributed by atoms with E-state index in [-0.39, 0.29) is 11.1 Å². The van der Waals surface area contributed by atoms with E-state index in [4.69, 9.17) is 32.7 Å². The maximum Gasteiger partial charge on any atom is 0.134 e. The van der Waals surface area contributed by atoms with E-state index < -0.39 is 0 Å². The second-order valence-electron chi connectivity index (χ2n) is 6.18. The summed E-state index contributed by atoms with van der Waals surface area (Å²) in [5.41, 5.74) is 3.10. The Kier molecular flexibility index (Phi) is 8.01. The van der Waals surface area contributed by atoms with Crippen LogP contribution in [0.1, 0.15) is 5.56 Å². The lowest BCUT2D eigenvalue weighted by molar-refractivity contribution is 0.308. The summed E-state index contributed by atoms with van der Waals surface area (Å²) < 4.78 is 11.4. The minimum atomic E-state index is 0.166. The van der Waals surface area contributed by atoms with Crippen molar-refractivity contribution in [3.8, 4) is 11.5 Å². The quantitative estimate of drug-likeness (QED) is 0.229. The number of anilines is 2. The molecule has 0 aliphatic heterocycles. The van der Waals surface area contributed by atoms with Crippen LogP contribution < -0.4 is 14.8 Å². The van der Waals surface area contributed by atoms with Gasteiger partial charge in [0.25, 0.3) is 0 Å². The summed E-state index contributed by atoms with van der Waals surface area (Å²) in [6.45, 7) is 0.475. The number of rotatable bonds is 9. The highest BCUT2D eigenvalue weighted by molar-refractivity contribution is 6.55. The molecule has 0 saturated heterocycles. The molecule has 3 aromatic carbocycles. The molecular formula is C23H20Cl2N2O3. The average Bonchev–Trinajstić information content (AvgIpc) is 2.77. The van der Waals surface area contributed by atoms with Gasteiger partial charge < -0.3 is 20.0 Å². The second kappa shape index (κ2) is 11.1. The van der Waals surface area contributed by atoms with Gasteiger partial charge >= 0.3 is 0 Å². The van der Waals surface area contributed by atoms with E-state index >= 15 is 0 Å². The first kappa shape index (κ1) is 21.6. The molecule has 2 N–H and O–H groups in total. The van der Waals surface area contributed by atoms with Crippen molar-refractivity contribution in [2.24, 2.45) is 5.16 Å². The molecule has 5 nitrogen and oxygen atoms in total. The molecule has 0 fully saturated rings. The molecule has 30 heavy (non-hydrogen) atoms. The number of nitrogens with one attached hydrogen (secondary N) is 1. The number of ether oxygens (including phenoxy) is 2. The molecule has 0 aromatic heterocycles. The van der Waals surface area contributed by atoms with E-state index in [1.165, 1.54) is 0 Å². The van der Waals surface area contributed by atoms with Crippen LogP contribution in [-0.4, -0.2) is 24.1 Å². The number of oxime groups is 1. The van der Waals surface area contributed by atoms with Crippen LogP contribution in [-0.2, 0) is 0 Å². The average molecular weight is 443 g/mol. The summed E-state index contributed by atoms with van der Waals surface area (Å²) in [5.74, 6) is 1.39. The minimum Gasteiger partial charge on any atom is -0.489 e. The molecule has 154 valence electrons. The zero-order chi connectivity index (χ0) is 21.2. The van der Waals surface area contributed by atoms with Crippen LogP contribution in [0.2, 0.25) is 0 Å². The highest BCUT2D eigenvalue weighted by Gasteiger charge is 2.05. The fourth-order valence-electron chi connectivity index (χ4n) is 2.59. The molecule has 0 bridgehead atoms. The molecule has 0 radical (unpaired) electrons. The first-order valence-electron chi connectivity index (χ1n) is 9.14. The van der Waals surface area contributed by atoms with Gasteiger partial charge in [-0.15, -0.1) is 0 Å². The molecule has 0 saturated carbocycles. The van der Waals surface area contributed by atoms with Crippen LogP contribution >= 0.6 is 23.2 Å². The predicted octanol–water partition coefficient (Wildman–Crippen LogP) is 6.39. The summed E-state index contributed by atoms with van der Waals surface area (Å²) in [6, 6.07) is 24.5. The molecule has 0 heterocycles. The van der Waals surface area contributed by atoms with Gasteiger partial charge in [0.2, 0.25) is 0 Å². The van der Waals surface area contributed by atoms with Gasteiger partial charge in [0, 0.05) is 16.9 Å². The first-order chi connectivity index (χ1) is 14.6. The van der Waals surface area contributed by atoms with Crippen LogP contribution in [0, 0.1) is 0 Å². The Morgan fingerprint density at radius 2 is 1.40 bits per heavy atom. The van der Waals surface area contributed by atoms with Crippen LogP contribution in [0.4, 0.5) is 11.4 Å². The fraction of sp³-hybridized carbons (Fsp3) is 0.0870. The van der Waals surface area contributed by atoms with E-state index in [1.54, 1.807) is 6.08 Å². The summed E-state index contributed by atoms with van der Waals surface area (Å²) >= 11 is 11.1. The van der Waals surface area contributed by atoms with Crippen molar-refractivity contribution >= 4 is 40.3 Å². The Morgan fingerprint density at radius 3 is 1.93 bits per heavy atom. The van der Waals surface area contributed by atoms with E-state index in [1.807, 2.05) is 78.9 Å². The number of halogens is 2. The van der Waals surface area contributed by atoms with E-state index in [2.05, 4.69) is 10.5 Å². The Bertz CT molecular complexity index is 985. The summed E-state index contributed by atoms with van der Waals surface area (Å²) in [4.78, 5) is 0.